The van der Waals surface area contributed by atoms with Crippen LogP contribution in [-0.4, -0.2) is 54.5 Å². The molecule has 0 bridgehead atoms. The number of carbonyl (C=O) groups is 5. The topological polar surface area (TPSA) is 149 Å². The lowest BCUT2D eigenvalue weighted by atomic mass is 9.90. The molecule has 0 saturated carbocycles. The fourth-order valence-electron chi connectivity index (χ4n) is 4.14. The van der Waals surface area contributed by atoms with Gasteiger partial charge in [-0.1, -0.05) is 26.0 Å². The average molecular weight is 702 g/mol. The van der Waals surface area contributed by atoms with Gasteiger partial charge in [0, 0.05) is 19.2 Å². The first-order chi connectivity index (χ1) is 22.6. The van der Waals surface area contributed by atoms with E-state index in [-0.39, 0.29) is 38.5 Å². The second kappa shape index (κ2) is 17.2. The summed E-state index contributed by atoms with van der Waals surface area (Å²) in [6, 6.07) is 5.52. The highest BCUT2D eigenvalue weighted by Gasteiger charge is 2.35. The van der Waals surface area contributed by atoms with Crippen LogP contribution in [0.5, 0.6) is 5.75 Å². The summed E-state index contributed by atoms with van der Waals surface area (Å²) in [5, 5.41) is 7.72. The molecule has 2 rings (SSSR count). The predicted molar refractivity (Wildman–Crippen MR) is 165 cm³/mol. The van der Waals surface area contributed by atoms with Crippen molar-refractivity contribution in [1.82, 2.24) is 10.6 Å². The van der Waals surface area contributed by atoms with Crippen LogP contribution < -0.4 is 20.7 Å². The van der Waals surface area contributed by atoms with Gasteiger partial charge in [0.05, 0.1) is 24.0 Å². The largest absolute Gasteiger partial charge is 0.461 e. The van der Waals surface area contributed by atoms with Crippen LogP contribution in [0.15, 0.2) is 24.3 Å². The fourth-order valence-corrected chi connectivity index (χ4v) is 4.14. The smallest absolute Gasteiger partial charge is 0.317 e. The Morgan fingerprint density at radius 2 is 1.37 bits per heavy atom. The van der Waals surface area contributed by atoms with Gasteiger partial charge in [-0.2, -0.15) is 8.78 Å². The van der Waals surface area contributed by atoms with E-state index in [4.69, 9.17) is 9.47 Å². The summed E-state index contributed by atoms with van der Waals surface area (Å²) in [5.74, 6) is -17.0. The van der Waals surface area contributed by atoms with Gasteiger partial charge in [0.1, 0.15) is 12.6 Å². The quantitative estimate of drug-likeness (QED) is 0.0740. The first kappa shape index (κ1) is 40.6. The van der Waals surface area contributed by atoms with Gasteiger partial charge in [-0.15, -0.1) is 0 Å². The molecule has 16 heteroatoms. The van der Waals surface area contributed by atoms with Crippen LogP contribution in [0, 0.1) is 40.4 Å². The minimum Gasteiger partial charge on any atom is -0.461 e. The van der Waals surface area contributed by atoms with E-state index in [1.54, 1.807) is 52.0 Å². The third kappa shape index (κ3) is 12.1. The summed E-state index contributed by atoms with van der Waals surface area (Å²) in [5.41, 5.74) is -1.49. The molecule has 0 heterocycles. The van der Waals surface area contributed by atoms with Crippen LogP contribution in [0.1, 0.15) is 66.9 Å². The number of rotatable bonds is 16. The Balaban J connectivity index is 1.87. The van der Waals surface area contributed by atoms with Crippen molar-refractivity contribution in [3.8, 4) is 5.75 Å². The fraction of sp³-hybridized carbons (Fsp3) is 0.485. The van der Waals surface area contributed by atoms with Crippen molar-refractivity contribution < 1.29 is 60.1 Å². The van der Waals surface area contributed by atoms with E-state index in [1.807, 2.05) is 0 Å². The number of halogens is 5. The average Bonchev–Trinajstić information content (AvgIpc) is 3.01. The summed E-state index contributed by atoms with van der Waals surface area (Å²) in [7, 11) is 0. The number of hydrogen-bond donors (Lipinski definition) is 3. The minimum absolute atomic E-state index is 0.0839. The highest BCUT2D eigenvalue weighted by atomic mass is 19.2. The molecule has 3 amide bonds. The Bertz CT molecular complexity index is 1520. The monoisotopic (exact) mass is 701 g/mol. The molecule has 0 aliphatic heterocycles. The number of nitrogens with one attached hydrogen (secondary N) is 3. The predicted octanol–water partition coefficient (Wildman–Crippen LogP) is 4.85. The van der Waals surface area contributed by atoms with E-state index in [0.29, 0.717) is 11.3 Å². The van der Waals surface area contributed by atoms with Crippen LogP contribution in [0.3, 0.4) is 0 Å². The molecule has 3 N–H and O–H groups in total. The van der Waals surface area contributed by atoms with E-state index in [1.165, 1.54) is 20.8 Å². The van der Waals surface area contributed by atoms with E-state index in [2.05, 4.69) is 20.7 Å². The molecule has 11 nitrogen and oxygen atoms in total. The van der Waals surface area contributed by atoms with Gasteiger partial charge in [-0.05, 0) is 57.7 Å². The molecule has 0 spiro atoms. The van der Waals surface area contributed by atoms with Gasteiger partial charge in [0.2, 0.25) is 52.6 Å². The molecular weight excluding hydrogens is 661 g/mol. The van der Waals surface area contributed by atoms with Crippen molar-refractivity contribution in [2.75, 3.05) is 18.5 Å². The van der Waals surface area contributed by atoms with Gasteiger partial charge in [0.25, 0.3) is 0 Å². The highest BCUT2D eigenvalue weighted by Crippen LogP contribution is 2.32. The molecule has 0 saturated heterocycles. The standard InChI is InChI=1S/C33H40F5N3O8/c1-17(2)28(30(45)39-15-22(44)40-20-10-8-19(9-11-20)16-47-18(3)42)41-21(43)14-33(6,7)48-13-12-32(4,5)31(46)49-29-26(37)24(35)23(34)25(36)27(29)38/h8-11,17,28H,12-16H2,1-7H3,(H,39,45)(H,40,44)(H,41,43). The van der Waals surface area contributed by atoms with Crippen molar-refractivity contribution in [2.45, 2.75) is 79.6 Å². The molecule has 2 aromatic carbocycles. The maximum atomic E-state index is 14.0. The number of hydrogen-bond acceptors (Lipinski definition) is 8. The summed E-state index contributed by atoms with van der Waals surface area (Å²) >= 11 is 0. The second-order valence-corrected chi connectivity index (χ2v) is 12.7. The molecule has 0 fully saturated rings. The summed E-state index contributed by atoms with van der Waals surface area (Å²) in [6.07, 6.45) is -0.378. The Morgan fingerprint density at radius 1 is 0.816 bits per heavy atom. The number of carbonyl (C=O) groups excluding carboxylic acids is 5. The van der Waals surface area contributed by atoms with Crippen LogP contribution in [0.4, 0.5) is 27.6 Å². The first-order valence-corrected chi connectivity index (χ1v) is 15.1. The van der Waals surface area contributed by atoms with Crippen LogP contribution in [0.25, 0.3) is 0 Å². The number of amides is 3. The lowest BCUT2D eigenvalue weighted by molar-refractivity contribution is -0.147. The van der Waals surface area contributed by atoms with Gasteiger partial charge in [-0.3, -0.25) is 24.0 Å². The van der Waals surface area contributed by atoms with E-state index in [0.717, 1.165) is 0 Å². The first-order valence-electron chi connectivity index (χ1n) is 15.1. The number of esters is 2. The van der Waals surface area contributed by atoms with Crippen molar-refractivity contribution in [3.63, 3.8) is 0 Å². The molecule has 2 aromatic rings. The molecule has 0 aliphatic rings. The maximum Gasteiger partial charge on any atom is 0.317 e. The number of anilines is 1. The Morgan fingerprint density at radius 3 is 1.90 bits per heavy atom. The lowest BCUT2D eigenvalue weighted by Gasteiger charge is -2.29. The van der Waals surface area contributed by atoms with Crippen LogP contribution in [0.2, 0.25) is 0 Å². The van der Waals surface area contributed by atoms with Crippen LogP contribution in [-0.2, 0) is 40.1 Å². The zero-order valence-electron chi connectivity index (χ0n) is 28.2. The van der Waals surface area contributed by atoms with Gasteiger partial charge in [0.15, 0.2) is 0 Å². The number of benzene rings is 2. The summed E-state index contributed by atoms with van der Waals surface area (Å²) in [4.78, 5) is 61.6. The molecule has 0 radical (unpaired) electrons. The second-order valence-electron chi connectivity index (χ2n) is 12.7. The SMILES string of the molecule is CC(=O)OCc1ccc(NC(=O)CNC(=O)C(NC(=O)CC(C)(C)OCCC(C)(C)C(=O)Oc2c(F)c(F)c(F)c(F)c2F)C(C)C)cc1. The lowest BCUT2D eigenvalue weighted by Crippen LogP contribution is -2.52. The number of ether oxygens (including phenoxy) is 3. The Labute approximate surface area is 280 Å². The molecule has 1 atom stereocenters. The van der Waals surface area contributed by atoms with E-state index >= 15 is 0 Å². The summed E-state index contributed by atoms with van der Waals surface area (Å²) in [6.45, 7) is 9.92. The molecule has 0 aliphatic carbocycles. The van der Waals surface area contributed by atoms with E-state index in [9.17, 15) is 45.9 Å². The van der Waals surface area contributed by atoms with Crippen molar-refractivity contribution in [2.24, 2.45) is 11.3 Å². The zero-order chi connectivity index (χ0) is 37.3. The van der Waals surface area contributed by atoms with Gasteiger partial charge < -0.3 is 30.2 Å². The minimum atomic E-state index is -2.39. The Kier molecular flexibility index (Phi) is 14.2. The summed E-state index contributed by atoms with van der Waals surface area (Å²) < 4.78 is 83.4. The zero-order valence-corrected chi connectivity index (χ0v) is 28.2. The van der Waals surface area contributed by atoms with Gasteiger partial charge in [-0.25, -0.2) is 13.2 Å². The molecule has 49 heavy (non-hydrogen) atoms. The van der Waals surface area contributed by atoms with E-state index < -0.39 is 81.6 Å². The highest BCUT2D eigenvalue weighted by molar-refractivity contribution is 5.96. The van der Waals surface area contributed by atoms with Gasteiger partial charge >= 0.3 is 11.9 Å². The molecule has 0 aromatic heterocycles. The van der Waals surface area contributed by atoms with Crippen molar-refractivity contribution in [3.05, 3.63) is 58.9 Å². The molecular formula is C33H40F5N3O8. The van der Waals surface area contributed by atoms with Crippen molar-refractivity contribution in [1.29, 1.82) is 0 Å². The molecule has 270 valence electrons. The Hall–Kier alpha value is -4.60. The van der Waals surface area contributed by atoms with Crippen LogP contribution >= 0.6 is 0 Å². The third-order valence-electron chi connectivity index (χ3n) is 7.09. The normalized spacial score (nSPS) is 12.3. The maximum absolute atomic E-state index is 14.0. The molecule has 1 unspecified atom stereocenters. The third-order valence-corrected chi connectivity index (χ3v) is 7.09. The van der Waals surface area contributed by atoms with Crippen molar-refractivity contribution >= 4 is 35.3 Å².